The summed E-state index contributed by atoms with van der Waals surface area (Å²) in [5.41, 5.74) is 1.78. The van der Waals surface area contributed by atoms with Crippen LogP contribution >= 0.6 is 27.3 Å². The van der Waals surface area contributed by atoms with E-state index in [0.29, 0.717) is 11.7 Å². The van der Waals surface area contributed by atoms with Gasteiger partial charge in [-0.05, 0) is 35.9 Å². The molecule has 0 fully saturated rings. The minimum atomic E-state index is -0.500. The molecule has 0 aliphatic carbocycles. The monoisotopic (exact) mass is 470 g/mol. The fourth-order valence-electron chi connectivity index (χ4n) is 2.81. The fraction of sp³-hybridized carbons (Fsp3) is 0.0909. The number of aromatic nitrogens is 1. The van der Waals surface area contributed by atoms with E-state index in [0.717, 1.165) is 20.3 Å². The van der Waals surface area contributed by atoms with Gasteiger partial charge >= 0.3 is 0 Å². The van der Waals surface area contributed by atoms with Crippen molar-refractivity contribution in [2.45, 2.75) is 6.54 Å². The maximum Gasteiger partial charge on any atom is 0.267 e. The van der Waals surface area contributed by atoms with Gasteiger partial charge in [0.2, 0.25) is 0 Å². The number of anilines is 1. The predicted octanol–water partition coefficient (Wildman–Crippen LogP) is 5.81. The Kier molecular flexibility index (Phi) is 5.87. The highest BCUT2D eigenvalue weighted by molar-refractivity contribution is 9.10. The number of nitrogens with zero attached hydrogens (tertiary/aromatic N) is 2. The molecule has 146 valence electrons. The second-order valence-corrected chi connectivity index (χ2v) is 8.22. The number of carbonyl (C=O) groups excluding carboxylic acids is 1. The van der Waals surface area contributed by atoms with Crippen LogP contribution in [0.3, 0.4) is 0 Å². The molecule has 0 saturated carbocycles. The molecule has 0 unspecified atom stereocenters. The third-order valence-corrected chi connectivity index (χ3v) is 5.78. The summed E-state index contributed by atoms with van der Waals surface area (Å²) in [7, 11) is 0. The molecule has 1 amide bonds. The average Bonchev–Trinajstić information content (AvgIpc) is 3.14. The van der Waals surface area contributed by atoms with Gasteiger partial charge in [0.1, 0.15) is 0 Å². The number of ether oxygens (including phenoxy) is 1. The summed E-state index contributed by atoms with van der Waals surface area (Å²) in [4.78, 5) is 19.2. The van der Waals surface area contributed by atoms with Gasteiger partial charge in [-0.2, -0.15) is 0 Å². The number of rotatable bonds is 6. The fourth-order valence-corrected chi connectivity index (χ4v) is 4.34. The normalized spacial score (nSPS) is 10.8. The first-order valence-corrected chi connectivity index (χ1v) is 10.5. The molecule has 4 rings (SSSR count). The Morgan fingerprint density at radius 2 is 1.83 bits per heavy atom. The number of carbonyl (C=O) groups is 1. The first kappa shape index (κ1) is 19.5. The van der Waals surface area contributed by atoms with E-state index >= 15 is 0 Å². The van der Waals surface area contributed by atoms with E-state index < -0.39 is 5.82 Å². The van der Waals surface area contributed by atoms with Gasteiger partial charge in [-0.1, -0.05) is 69.7 Å². The smallest absolute Gasteiger partial charge is 0.267 e. The molecule has 29 heavy (non-hydrogen) atoms. The standard InChI is InChI=1S/C22H16BrFN2O2S/c23-16-10-11-18-20(12-16)29-22(25-18)26(13-15-6-2-1-3-7-15)21(27)14-28-19-9-5-4-8-17(19)24/h1-12H,13-14H2. The molecule has 4 nitrogen and oxygen atoms in total. The molecule has 1 aromatic heterocycles. The van der Waals surface area contributed by atoms with Crippen LogP contribution in [0, 0.1) is 5.82 Å². The van der Waals surface area contributed by atoms with E-state index in [1.165, 1.54) is 23.5 Å². The SMILES string of the molecule is O=C(COc1ccccc1F)N(Cc1ccccc1)c1nc2ccc(Br)cc2s1. The lowest BCUT2D eigenvalue weighted by Gasteiger charge is -2.20. The molecule has 4 aromatic rings. The Hall–Kier alpha value is -2.77. The molecule has 0 spiro atoms. The van der Waals surface area contributed by atoms with Crippen LogP contribution in [0.25, 0.3) is 10.2 Å². The first-order valence-electron chi connectivity index (χ1n) is 8.88. The number of hydrogen-bond donors (Lipinski definition) is 0. The lowest BCUT2D eigenvalue weighted by Crippen LogP contribution is -2.34. The highest BCUT2D eigenvalue weighted by Gasteiger charge is 2.21. The number of benzene rings is 3. The Labute approximate surface area is 179 Å². The number of halogens is 2. The maximum absolute atomic E-state index is 13.8. The van der Waals surface area contributed by atoms with E-state index in [1.54, 1.807) is 17.0 Å². The van der Waals surface area contributed by atoms with Crippen molar-refractivity contribution < 1.29 is 13.9 Å². The number of hydrogen-bond acceptors (Lipinski definition) is 4. The topological polar surface area (TPSA) is 42.4 Å². The third-order valence-electron chi connectivity index (χ3n) is 4.24. The molecule has 0 aliphatic heterocycles. The van der Waals surface area contributed by atoms with Crippen LogP contribution in [-0.4, -0.2) is 17.5 Å². The molecule has 0 saturated heterocycles. The van der Waals surface area contributed by atoms with Crippen LogP contribution in [0.1, 0.15) is 5.56 Å². The summed E-state index contributed by atoms with van der Waals surface area (Å²) in [6, 6.07) is 21.5. The van der Waals surface area contributed by atoms with Crippen molar-refractivity contribution in [2.24, 2.45) is 0 Å². The minimum absolute atomic E-state index is 0.0498. The molecule has 1 heterocycles. The third kappa shape index (κ3) is 4.63. The Morgan fingerprint density at radius 3 is 2.62 bits per heavy atom. The lowest BCUT2D eigenvalue weighted by atomic mass is 10.2. The summed E-state index contributed by atoms with van der Waals surface area (Å²) in [5.74, 6) is -0.747. The Bertz CT molecular complexity index is 1150. The minimum Gasteiger partial charge on any atom is -0.481 e. The number of para-hydroxylation sites is 1. The molecule has 0 N–H and O–H groups in total. The highest BCUT2D eigenvalue weighted by Crippen LogP contribution is 2.32. The Balaban J connectivity index is 1.61. The van der Waals surface area contributed by atoms with Crippen molar-refractivity contribution in [1.82, 2.24) is 4.98 Å². The zero-order valence-corrected chi connectivity index (χ0v) is 17.6. The largest absolute Gasteiger partial charge is 0.481 e. The summed E-state index contributed by atoms with van der Waals surface area (Å²) >= 11 is 4.89. The zero-order chi connectivity index (χ0) is 20.2. The van der Waals surface area contributed by atoms with E-state index in [1.807, 2.05) is 48.5 Å². The van der Waals surface area contributed by atoms with Crippen molar-refractivity contribution in [2.75, 3.05) is 11.5 Å². The summed E-state index contributed by atoms with van der Waals surface area (Å²) < 4.78 is 21.2. The van der Waals surface area contributed by atoms with Crippen molar-refractivity contribution >= 4 is 48.5 Å². The van der Waals surface area contributed by atoms with Gasteiger partial charge < -0.3 is 4.74 Å². The predicted molar refractivity (Wildman–Crippen MR) is 117 cm³/mol. The molecular weight excluding hydrogens is 455 g/mol. The summed E-state index contributed by atoms with van der Waals surface area (Å²) in [6.07, 6.45) is 0. The van der Waals surface area contributed by atoms with Crippen molar-refractivity contribution in [3.05, 3.63) is 88.6 Å². The average molecular weight is 471 g/mol. The molecule has 3 aromatic carbocycles. The zero-order valence-electron chi connectivity index (χ0n) is 15.2. The van der Waals surface area contributed by atoms with Gasteiger partial charge in [-0.15, -0.1) is 0 Å². The van der Waals surface area contributed by atoms with Gasteiger partial charge in [0.25, 0.3) is 5.91 Å². The second kappa shape index (κ2) is 8.71. The van der Waals surface area contributed by atoms with Crippen molar-refractivity contribution in [3.8, 4) is 5.75 Å². The molecule has 0 radical (unpaired) electrons. The van der Waals surface area contributed by atoms with Crippen LogP contribution in [-0.2, 0) is 11.3 Å². The molecule has 0 atom stereocenters. The maximum atomic E-state index is 13.8. The quantitative estimate of drug-likeness (QED) is 0.357. The molecule has 0 bridgehead atoms. The first-order chi connectivity index (χ1) is 14.1. The van der Waals surface area contributed by atoms with Crippen LogP contribution in [0.5, 0.6) is 5.75 Å². The van der Waals surface area contributed by atoms with E-state index in [-0.39, 0.29) is 18.3 Å². The van der Waals surface area contributed by atoms with Crippen molar-refractivity contribution in [1.29, 1.82) is 0 Å². The van der Waals surface area contributed by atoms with E-state index in [4.69, 9.17) is 4.74 Å². The number of fused-ring (bicyclic) bond motifs is 1. The molecular formula is C22H16BrFN2O2S. The Morgan fingerprint density at radius 1 is 1.07 bits per heavy atom. The summed E-state index contributed by atoms with van der Waals surface area (Å²) in [6.45, 7) is 0.0642. The summed E-state index contributed by atoms with van der Waals surface area (Å²) in [5, 5.41) is 0.573. The molecule has 7 heteroatoms. The second-order valence-electron chi connectivity index (χ2n) is 6.29. The number of amides is 1. The van der Waals surface area contributed by atoms with Gasteiger partial charge in [0.15, 0.2) is 23.3 Å². The molecule has 0 aliphatic rings. The van der Waals surface area contributed by atoms with E-state index in [2.05, 4.69) is 20.9 Å². The van der Waals surface area contributed by atoms with Crippen LogP contribution in [0.2, 0.25) is 0 Å². The highest BCUT2D eigenvalue weighted by atomic mass is 79.9. The number of thiazole rings is 1. The van der Waals surface area contributed by atoms with Gasteiger partial charge in [0.05, 0.1) is 16.8 Å². The van der Waals surface area contributed by atoms with Gasteiger partial charge in [-0.3, -0.25) is 9.69 Å². The van der Waals surface area contributed by atoms with Crippen LogP contribution in [0.4, 0.5) is 9.52 Å². The van der Waals surface area contributed by atoms with E-state index in [9.17, 15) is 9.18 Å². The van der Waals surface area contributed by atoms with Gasteiger partial charge in [0, 0.05) is 4.47 Å². The lowest BCUT2D eigenvalue weighted by molar-refractivity contribution is -0.120. The van der Waals surface area contributed by atoms with Gasteiger partial charge in [-0.25, -0.2) is 9.37 Å². The van der Waals surface area contributed by atoms with Crippen LogP contribution < -0.4 is 9.64 Å². The van der Waals surface area contributed by atoms with Crippen LogP contribution in [0.15, 0.2) is 77.3 Å². The van der Waals surface area contributed by atoms with Crippen molar-refractivity contribution in [3.63, 3.8) is 0 Å².